The van der Waals surface area contributed by atoms with E-state index in [-0.39, 0.29) is 11.1 Å². The highest BCUT2D eigenvalue weighted by Crippen LogP contribution is 2.30. The second kappa shape index (κ2) is 10.5. The summed E-state index contributed by atoms with van der Waals surface area (Å²) in [6.45, 7) is 8.28. The average molecular weight is 538 g/mol. The van der Waals surface area contributed by atoms with Crippen molar-refractivity contribution in [3.63, 3.8) is 0 Å². The van der Waals surface area contributed by atoms with E-state index in [9.17, 15) is 8.42 Å². The molecule has 2 N–H and O–H groups in total. The van der Waals surface area contributed by atoms with Crippen LogP contribution < -0.4 is 14.2 Å². The summed E-state index contributed by atoms with van der Waals surface area (Å²) in [5, 5.41) is 7.92. The number of H-pyrrole nitrogens is 1. The summed E-state index contributed by atoms with van der Waals surface area (Å²) in [5.74, 6) is 1.37. The van der Waals surface area contributed by atoms with Gasteiger partial charge in [-0.2, -0.15) is 18.5 Å². The van der Waals surface area contributed by atoms with E-state index in [0.717, 1.165) is 37.0 Å². The third-order valence-corrected chi connectivity index (χ3v) is 7.94. The molecule has 4 aromatic rings. The highest BCUT2D eigenvalue weighted by atomic mass is 32.2. The van der Waals surface area contributed by atoms with Crippen molar-refractivity contribution in [2.24, 2.45) is 0 Å². The van der Waals surface area contributed by atoms with Crippen LogP contribution in [0.25, 0.3) is 22.4 Å². The molecule has 1 aromatic carbocycles. The van der Waals surface area contributed by atoms with Gasteiger partial charge >= 0.3 is 0 Å². The van der Waals surface area contributed by atoms with Crippen LogP contribution in [0.3, 0.4) is 0 Å². The molecule has 3 aromatic heterocycles. The van der Waals surface area contributed by atoms with Gasteiger partial charge in [0, 0.05) is 42.6 Å². The number of ether oxygens (including phenoxy) is 2. The van der Waals surface area contributed by atoms with Crippen molar-refractivity contribution in [1.82, 2.24) is 30.0 Å². The minimum atomic E-state index is -3.89. The molecule has 11 nitrogen and oxygen atoms in total. The largest absolute Gasteiger partial charge is 0.497 e. The third-order valence-electron chi connectivity index (χ3n) is 6.66. The van der Waals surface area contributed by atoms with Crippen LogP contribution in [0, 0.1) is 6.92 Å². The Morgan fingerprint density at radius 1 is 1.11 bits per heavy atom. The topological polar surface area (TPSA) is 135 Å². The lowest BCUT2D eigenvalue weighted by Gasteiger charge is -2.34. The Bertz CT molecular complexity index is 1530. The lowest BCUT2D eigenvalue weighted by atomic mass is 10.1. The molecular weight excluding hydrogens is 506 g/mol. The van der Waals surface area contributed by atoms with Crippen LogP contribution >= 0.6 is 0 Å². The van der Waals surface area contributed by atoms with Crippen molar-refractivity contribution in [3.05, 3.63) is 48.3 Å². The number of likely N-dealkylation sites (tertiary alicyclic amines) is 1. The maximum absolute atomic E-state index is 12.8. The number of methoxy groups -OCH3 is 1. The van der Waals surface area contributed by atoms with Crippen LogP contribution in [-0.2, 0) is 10.0 Å². The minimum Gasteiger partial charge on any atom is -0.497 e. The molecule has 0 amide bonds. The quantitative estimate of drug-likeness (QED) is 0.344. The molecule has 1 fully saturated rings. The van der Waals surface area contributed by atoms with Crippen molar-refractivity contribution in [2.75, 3.05) is 24.9 Å². The number of aryl methyl sites for hydroxylation is 1. The van der Waals surface area contributed by atoms with E-state index in [1.54, 1.807) is 30.3 Å². The molecule has 0 atom stereocenters. The monoisotopic (exact) mass is 537 g/mol. The van der Waals surface area contributed by atoms with Crippen LogP contribution in [0.5, 0.6) is 11.6 Å². The summed E-state index contributed by atoms with van der Waals surface area (Å²) in [7, 11) is -2.43. The van der Waals surface area contributed by atoms with Crippen LogP contribution in [-0.4, -0.2) is 70.8 Å². The van der Waals surface area contributed by atoms with E-state index in [0.29, 0.717) is 40.4 Å². The number of rotatable bonds is 8. The summed E-state index contributed by atoms with van der Waals surface area (Å²) >= 11 is 0. The number of aromatic nitrogens is 5. The van der Waals surface area contributed by atoms with Crippen LogP contribution in [0.2, 0.25) is 0 Å². The van der Waals surface area contributed by atoms with Gasteiger partial charge in [0.05, 0.1) is 12.8 Å². The molecule has 1 aliphatic heterocycles. The van der Waals surface area contributed by atoms with Gasteiger partial charge in [-0.1, -0.05) is 0 Å². The van der Waals surface area contributed by atoms with Crippen LogP contribution in [0.1, 0.15) is 32.4 Å². The number of fused-ring (bicyclic) bond motifs is 1. The zero-order valence-corrected chi connectivity index (χ0v) is 22.6. The molecule has 1 saturated heterocycles. The standard InChI is InChI=1S/C26H31N7O4S/c1-16(2)33-13-10-20(11-14-33)37-26-23-17(3)30-31-25(23)28-24(29-26)18-5-7-19(8-6-18)32-38(34,35)22-15-21(36-4)9-12-27-22/h5-9,12,15-16,20,32H,10-11,13-14H2,1-4H3,(H,28,29,30,31). The second-order valence-corrected chi connectivity index (χ2v) is 11.2. The molecule has 0 unspecified atom stereocenters. The van der Waals surface area contributed by atoms with Gasteiger partial charge < -0.3 is 14.4 Å². The summed E-state index contributed by atoms with van der Waals surface area (Å²) in [6.07, 6.45) is 3.29. The first kappa shape index (κ1) is 25.9. The van der Waals surface area contributed by atoms with Gasteiger partial charge in [0.15, 0.2) is 16.5 Å². The number of pyridine rings is 1. The highest BCUT2D eigenvalue weighted by molar-refractivity contribution is 7.92. The summed E-state index contributed by atoms with van der Waals surface area (Å²) < 4.78 is 39.6. The smallest absolute Gasteiger partial charge is 0.279 e. The fraction of sp³-hybridized carbons (Fsp3) is 0.385. The lowest BCUT2D eigenvalue weighted by Crippen LogP contribution is -2.41. The molecule has 200 valence electrons. The first-order valence-electron chi connectivity index (χ1n) is 12.5. The predicted molar refractivity (Wildman–Crippen MR) is 144 cm³/mol. The van der Waals surface area contributed by atoms with Crippen LogP contribution in [0.15, 0.2) is 47.6 Å². The first-order chi connectivity index (χ1) is 18.2. The van der Waals surface area contributed by atoms with Crippen molar-refractivity contribution in [3.8, 4) is 23.0 Å². The van der Waals surface area contributed by atoms with Gasteiger partial charge in [0.1, 0.15) is 17.2 Å². The highest BCUT2D eigenvalue weighted by Gasteiger charge is 2.25. The molecule has 0 aliphatic carbocycles. The molecule has 12 heteroatoms. The summed E-state index contributed by atoms with van der Waals surface area (Å²) in [5.41, 5.74) is 2.46. The SMILES string of the molecule is COc1ccnc(S(=O)(=O)Nc2ccc(-c3nc(OC4CCN(C(C)C)CC4)c4c(C)n[nH]c4n3)cc2)c1. The Balaban J connectivity index is 1.37. The van der Waals surface area contributed by atoms with Gasteiger partial charge in [-0.3, -0.25) is 9.82 Å². The van der Waals surface area contributed by atoms with E-state index in [1.807, 2.05) is 6.92 Å². The molecule has 4 heterocycles. The number of hydrogen-bond acceptors (Lipinski definition) is 9. The molecule has 0 radical (unpaired) electrons. The number of piperidine rings is 1. The van der Waals surface area contributed by atoms with Crippen molar-refractivity contribution in [1.29, 1.82) is 0 Å². The fourth-order valence-electron chi connectivity index (χ4n) is 4.48. The van der Waals surface area contributed by atoms with E-state index in [4.69, 9.17) is 14.5 Å². The maximum atomic E-state index is 12.8. The van der Waals surface area contributed by atoms with Gasteiger partial charge in [0.2, 0.25) is 5.88 Å². The predicted octanol–water partition coefficient (Wildman–Crippen LogP) is 3.78. The Morgan fingerprint density at radius 3 is 2.53 bits per heavy atom. The molecule has 38 heavy (non-hydrogen) atoms. The van der Waals surface area contributed by atoms with Crippen molar-refractivity contribution in [2.45, 2.75) is 50.8 Å². The molecular formula is C26H31N7O4S. The summed E-state index contributed by atoms with van der Waals surface area (Å²) in [6, 6.07) is 10.3. The first-order valence-corrected chi connectivity index (χ1v) is 14.0. The number of anilines is 1. The van der Waals surface area contributed by atoms with E-state index in [2.05, 4.69) is 43.6 Å². The molecule has 0 saturated carbocycles. The van der Waals surface area contributed by atoms with E-state index >= 15 is 0 Å². The zero-order valence-electron chi connectivity index (χ0n) is 21.8. The normalized spacial score (nSPS) is 15.2. The minimum absolute atomic E-state index is 0.0623. The molecule has 0 spiro atoms. The van der Waals surface area contributed by atoms with Gasteiger partial charge in [-0.05, 0) is 63.9 Å². The van der Waals surface area contributed by atoms with Gasteiger partial charge in [0.25, 0.3) is 10.0 Å². The maximum Gasteiger partial charge on any atom is 0.279 e. The Morgan fingerprint density at radius 2 is 1.84 bits per heavy atom. The van der Waals surface area contributed by atoms with E-state index < -0.39 is 10.0 Å². The second-order valence-electron chi connectivity index (χ2n) is 9.55. The number of aromatic amines is 1. The van der Waals surface area contributed by atoms with Crippen LogP contribution in [0.4, 0.5) is 5.69 Å². The lowest BCUT2D eigenvalue weighted by molar-refractivity contribution is 0.0824. The number of sulfonamides is 1. The Labute approximate surface area is 221 Å². The number of nitrogens with one attached hydrogen (secondary N) is 2. The Hall–Kier alpha value is -3.77. The third kappa shape index (κ3) is 5.41. The van der Waals surface area contributed by atoms with Gasteiger partial charge in [-0.15, -0.1) is 0 Å². The average Bonchev–Trinajstić information content (AvgIpc) is 3.30. The number of hydrogen-bond donors (Lipinski definition) is 2. The summed E-state index contributed by atoms with van der Waals surface area (Å²) in [4.78, 5) is 15.8. The van der Waals surface area contributed by atoms with Gasteiger partial charge in [-0.25, -0.2) is 9.97 Å². The number of benzene rings is 1. The Kier molecular flexibility index (Phi) is 7.17. The van der Waals surface area contributed by atoms with E-state index in [1.165, 1.54) is 19.4 Å². The zero-order chi connectivity index (χ0) is 26.9. The van der Waals surface area contributed by atoms with Crippen molar-refractivity contribution < 1.29 is 17.9 Å². The molecule has 0 bridgehead atoms. The number of nitrogens with zero attached hydrogens (tertiary/aromatic N) is 5. The van der Waals surface area contributed by atoms with Crippen molar-refractivity contribution >= 4 is 26.7 Å². The fourth-order valence-corrected chi connectivity index (χ4v) is 5.50. The molecule has 5 rings (SSSR count). The molecule has 1 aliphatic rings.